The molecule has 2 aromatic rings. The molecule has 0 bridgehead atoms. The van der Waals surface area contributed by atoms with Gasteiger partial charge in [-0.25, -0.2) is 0 Å². The summed E-state index contributed by atoms with van der Waals surface area (Å²) < 4.78 is 5.09. The first kappa shape index (κ1) is 14.1. The van der Waals surface area contributed by atoms with E-state index >= 15 is 0 Å². The van der Waals surface area contributed by atoms with Crippen LogP contribution in [0.1, 0.15) is 16.7 Å². The topological polar surface area (TPSA) is 38.3 Å². The van der Waals surface area contributed by atoms with Gasteiger partial charge in [-0.15, -0.1) is 0 Å². The number of methoxy groups -OCH3 is 1. The summed E-state index contributed by atoms with van der Waals surface area (Å²) >= 11 is 0. The summed E-state index contributed by atoms with van der Waals surface area (Å²) in [6.45, 7) is 2.61. The Morgan fingerprint density at radius 1 is 1.10 bits per heavy atom. The fraction of sp³-hybridized carbons (Fsp3) is 0.235. The molecule has 104 valence electrons. The van der Waals surface area contributed by atoms with Crippen molar-refractivity contribution in [3.05, 3.63) is 65.2 Å². The van der Waals surface area contributed by atoms with Crippen LogP contribution < -0.4 is 10.1 Å². The number of ether oxygens (including phenoxy) is 1. The van der Waals surface area contributed by atoms with Gasteiger partial charge in [-0.3, -0.25) is 4.79 Å². The monoisotopic (exact) mass is 269 g/mol. The van der Waals surface area contributed by atoms with Crippen LogP contribution in [0.5, 0.6) is 5.75 Å². The summed E-state index contributed by atoms with van der Waals surface area (Å²) in [4.78, 5) is 11.9. The van der Waals surface area contributed by atoms with Crippen molar-refractivity contribution < 1.29 is 9.53 Å². The van der Waals surface area contributed by atoms with Crippen molar-refractivity contribution in [2.24, 2.45) is 0 Å². The van der Waals surface area contributed by atoms with Gasteiger partial charge in [-0.05, 0) is 30.2 Å². The lowest BCUT2D eigenvalue weighted by atomic mass is 10.1. The lowest BCUT2D eigenvalue weighted by Gasteiger charge is -2.07. The number of carbonyl (C=O) groups excluding carboxylic acids is 1. The number of nitrogens with one attached hydrogen (secondary N) is 1. The number of rotatable bonds is 5. The molecule has 0 aliphatic heterocycles. The van der Waals surface area contributed by atoms with Crippen molar-refractivity contribution in [1.29, 1.82) is 0 Å². The number of aryl methyl sites for hydroxylation is 1. The normalized spacial score (nSPS) is 10.1. The maximum Gasteiger partial charge on any atom is 0.224 e. The van der Waals surface area contributed by atoms with Gasteiger partial charge >= 0.3 is 0 Å². The minimum Gasteiger partial charge on any atom is -0.497 e. The predicted molar refractivity (Wildman–Crippen MR) is 79.7 cm³/mol. The van der Waals surface area contributed by atoms with Gasteiger partial charge in [0.1, 0.15) is 5.75 Å². The average molecular weight is 269 g/mol. The molecular formula is C17H19NO2. The van der Waals surface area contributed by atoms with Crippen molar-refractivity contribution in [3.8, 4) is 5.75 Å². The Kier molecular flexibility index (Phi) is 4.77. The molecule has 0 aliphatic rings. The number of benzene rings is 2. The van der Waals surface area contributed by atoms with Crippen LogP contribution in [-0.2, 0) is 17.8 Å². The van der Waals surface area contributed by atoms with Gasteiger partial charge in [0.05, 0.1) is 13.5 Å². The molecule has 0 aliphatic carbocycles. The van der Waals surface area contributed by atoms with Crippen LogP contribution >= 0.6 is 0 Å². The molecule has 0 aromatic heterocycles. The molecule has 2 aromatic carbocycles. The predicted octanol–water partition coefficient (Wildman–Crippen LogP) is 2.86. The Labute approximate surface area is 119 Å². The third-order valence-electron chi connectivity index (χ3n) is 3.10. The quantitative estimate of drug-likeness (QED) is 0.906. The second kappa shape index (κ2) is 6.75. The van der Waals surface area contributed by atoms with Gasteiger partial charge in [-0.2, -0.15) is 0 Å². The zero-order valence-corrected chi connectivity index (χ0v) is 11.8. The fourth-order valence-electron chi connectivity index (χ4n) is 2.01. The summed E-state index contributed by atoms with van der Waals surface area (Å²) in [6, 6.07) is 15.7. The SMILES string of the molecule is COc1ccc(CC(=O)NCc2cccc(C)c2)cc1. The number of amides is 1. The van der Waals surface area contributed by atoms with Gasteiger partial charge in [0.25, 0.3) is 0 Å². The lowest BCUT2D eigenvalue weighted by molar-refractivity contribution is -0.120. The molecule has 0 saturated heterocycles. The first-order valence-electron chi connectivity index (χ1n) is 6.62. The summed E-state index contributed by atoms with van der Waals surface area (Å²) in [5.74, 6) is 0.825. The molecule has 1 amide bonds. The first-order chi connectivity index (χ1) is 9.67. The average Bonchev–Trinajstić information content (AvgIpc) is 2.46. The number of carbonyl (C=O) groups is 1. The van der Waals surface area contributed by atoms with Crippen LogP contribution in [0.15, 0.2) is 48.5 Å². The highest BCUT2D eigenvalue weighted by molar-refractivity contribution is 5.78. The van der Waals surface area contributed by atoms with E-state index in [-0.39, 0.29) is 5.91 Å². The van der Waals surface area contributed by atoms with Crippen LogP contribution in [0.25, 0.3) is 0 Å². The van der Waals surface area contributed by atoms with Crippen molar-refractivity contribution >= 4 is 5.91 Å². The molecule has 0 spiro atoms. The van der Waals surface area contributed by atoms with E-state index in [4.69, 9.17) is 4.74 Å². The van der Waals surface area contributed by atoms with E-state index in [2.05, 4.69) is 11.4 Å². The van der Waals surface area contributed by atoms with Crippen molar-refractivity contribution in [1.82, 2.24) is 5.32 Å². The maximum absolute atomic E-state index is 11.9. The van der Waals surface area contributed by atoms with Crippen LogP contribution in [-0.4, -0.2) is 13.0 Å². The third kappa shape index (κ3) is 4.12. The largest absolute Gasteiger partial charge is 0.497 e. The van der Waals surface area contributed by atoms with Gasteiger partial charge in [0.15, 0.2) is 0 Å². The van der Waals surface area contributed by atoms with E-state index in [0.29, 0.717) is 13.0 Å². The lowest BCUT2D eigenvalue weighted by Crippen LogP contribution is -2.24. The van der Waals surface area contributed by atoms with Crippen molar-refractivity contribution in [3.63, 3.8) is 0 Å². The second-order valence-corrected chi connectivity index (χ2v) is 4.79. The van der Waals surface area contributed by atoms with E-state index < -0.39 is 0 Å². The van der Waals surface area contributed by atoms with Gasteiger partial charge in [-0.1, -0.05) is 42.0 Å². The summed E-state index contributed by atoms with van der Waals surface area (Å²) in [5, 5.41) is 2.93. The van der Waals surface area contributed by atoms with E-state index in [1.165, 1.54) is 5.56 Å². The molecule has 0 atom stereocenters. The molecule has 0 saturated carbocycles. The Balaban J connectivity index is 1.85. The molecule has 3 nitrogen and oxygen atoms in total. The second-order valence-electron chi connectivity index (χ2n) is 4.79. The van der Waals surface area contributed by atoms with E-state index in [1.807, 2.05) is 49.4 Å². The third-order valence-corrected chi connectivity index (χ3v) is 3.10. The van der Waals surface area contributed by atoms with Crippen LogP contribution in [0, 0.1) is 6.92 Å². The van der Waals surface area contributed by atoms with Crippen molar-refractivity contribution in [2.75, 3.05) is 7.11 Å². The zero-order chi connectivity index (χ0) is 14.4. The molecule has 0 radical (unpaired) electrons. The van der Waals surface area contributed by atoms with E-state index in [0.717, 1.165) is 16.9 Å². The first-order valence-corrected chi connectivity index (χ1v) is 6.62. The standard InChI is InChI=1S/C17H19NO2/c1-13-4-3-5-15(10-13)12-18-17(19)11-14-6-8-16(20-2)9-7-14/h3-10H,11-12H2,1-2H3,(H,18,19). The molecule has 0 unspecified atom stereocenters. The van der Waals surface area contributed by atoms with Crippen LogP contribution in [0.4, 0.5) is 0 Å². The Morgan fingerprint density at radius 2 is 1.85 bits per heavy atom. The van der Waals surface area contributed by atoms with Gasteiger partial charge in [0, 0.05) is 6.54 Å². The number of hydrogen-bond acceptors (Lipinski definition) is 2. The van der Waals surface area contributed by atoms with Gasteiger partial charge < -0.3 is 10.1 Å². The molecule has 20 heavy (non-hydrogen) atoms. The molecule has 3 heteroatoms. The molecule has 1 N–H and O–H groups in total. The summed E-state index contributed by atoms with van der Waals surface area (Å²) in [7, 11) is 1.63. The zero-order valence-electron chi connectivity index (χ0n) is 11.8. The smallest absolute Gasteiger partial charge is 0.224 e. The minimum absolute atomic E-state index is 0.0247. The Morgan fingerprint density at radius 3 is 2.50 bits per heavy atom. The number of hydrogen-bond donors (Lipinski definition) is 1. The van der Waals surface area contributed by atoms with Crippen LogP contribution in [0.2, 0.25) is 0 Å². The van der Waals surface area contributed by atoms with Crippen molar-refractivity contribution in [2.45, 2.75) is 19.9 Å². The van der Waals surface area contributed by atoms with E-state index in [9.17, 15) is 4.79 Å². The van der Waals surface area contributed by atoms with Crippen LogP contribution in [0.3, 0.4) is 0 Å². The highest BCUT2D eigenvalue weighted by atomic mass is 16.5. The Hall–Kier alpha value is -2.29. The molecule has 2 rings (SSSR count). The molecule has 0 fully saturated rings. The van der Waals surface area contributed by atoms with Gasteiger partial charge in [0.2, 0.25) is 5.91 Å². The molecule has 0 heterocycles. The maximum atomic E-state index is 11.9. The van der Waals surface area contributed by atoms with E-state index in [1.54, 1.807) is 7.11 Å². The Bertz CT molecular complexity index is 576. The molecular weight excluding hydrogens is 250 g/mol. The summed E-state index contributed by atoms with van der Waals surface area (Å²) in [6.07, 6.45) is 0.385. The minimum atomic E-state index is 0.0247. The fourth-order valence-corrected chi connectivity index (χ4v) is 2.01. The highest BCUT2D eigenvalue weighted by Gasteiger charge is 2.03. The summed E-state index contributed by atoms with van der Waals surface area (Å²) in [5.41, 5.74) is 3.30. The highest BCUT2D eigenvalue weighted by Crippen LogP contribution is 2.11.